The number of benzene rings is 1. The van der Waals surface area contributed by atoms with Gasteiger partial charge in [-0.1, -0.05) is 22.9 Å². The zero-order chi connectivity index (χ0) is 17.0. The van der Waals surface area contributed by atoms with Gasteiger partial charge in [0.2, 0.25) is 0 Å². The fourth-order valence-electron chi connectivity index (χ4n) is 2.11. The summed E-state index contributed by atoms with van der Waals surface area (Å²) in [6.07, 6.45) is 2.07. The molecule has 0 aliphatic rings. The molecule has 1 aromatic carbocycles. The lowest BCUT2D eigenvalue weighted by Crippen LogP contribution is -2.24. The number of fused-ring (bicyclic) bond motifs is 1. The second-order valence-electron chi connectivity index (χ2n) is 5.10. The zero-order valence-corrected chi connectivity index (χ0v) is 17.8. The van der Waals surface area contributed by atoms with Crippen molar-refractivity contribution in [1.29, 1.82) is 0 Å². The van der Waals surface area contributed by atoms with Crippen LogP contribution in [0, 0.1) is 0 Å². The van der Waals surface area contributed by atoms with Crippen molar-refractivity contribution in [2.45, 2.75) is 30.1 Å². The van der Waals surface area contributed by atoms with E-state index in [1.807, 2.05) is 23.8 Å². The van der Waals surface area contributed by atoms with Crippen LogP contribution >= 0.6 is 32.9 Å². The van der Waals surface area contributed by atoms with E-state index in [2.05, 4.69) is 23.2 Å². The predicted molar refractivity (Wildman–Crippen MR) is 109 cm³/mol. The molecule has 0 aliphatic heterocycles. The average molecular weight is 404 g/mol. The van der Waals surface area contributed by atoms with Crippen molar-refractivity contribution >= 4 is 52.4 Å². The molecule has 24 heavy (non-hydrogen) atoms. The van der Waals surface area contributed by atoms with E-state index in [1.54, 1.807) is 29.2 Å². The number of thiazole rings is 1. The Balaban J connectivity index is 1.61. The van der Waals surface area contributed by atoms with Crippen molar-refractivity contribution in [2.75, 3.05) is 32.7 Å². The summed E-state index contributed by atoms with van der Waals surface area (Å²) in [6.45, 7) is 4.28. The van der Waals surface area contributed by atoms with Crippen LogP contribution in [0.5, 0.6) is 0 Å². The second-order valence-corrected chi connectivity index (χ2v) is 10.9. The van der Waals surface area contributed by atoms with Crippen molar-refractivity contribution in [1.82, 2.24) is 4.98 Å². The lowest BCUT2D eigenvalue weighted by molar-refractivity contribution is 0.152. The Morgan fingerprint density at radius 1 is 1.17 bits per heavy atom. The van der Waals surface area contributed by atoms with Crippen molar-refractivity contribution < 1.29 is 13.6 Å². The largest absolute Gasteiger partial charge is 0.397 e. The molecule has 0 spiro atoms. The van der Waals surface area contributed by atoms with E-state index in [1.165, 1.54) is 4.70 Å². The van der Waals surface area contributed by atoms with Gasteiger partial charge in [-0.25, -0.2) is 4.98 Å². The molecular weight excluding hydrogens is 378 g/mol. The zero-order valence-electron chi connectivity index (χ0n) is 14.2. The van der Waals surface area contributed by atoms with Crippen molar-refractivity contribution in [3.63, 3.8) is 0 Å². The molecule has 0 N–H and O–H groups in total. The number of hydrogen-bond acceptors (Lipinski definition) is 7. The molecular formula is C16H25NO3S3Si. The number of rotatable bonds is 13. The van der Waals surface area contributed by atoms with Crippen LogP contribution in [0.15, 0.2) is 28.6 Å². The molecule has 0 bridgehead atoms. The maximum absolute atomic E-state index is 5.90. The fourth-order valence-corrected chi connectivity index (χ4v) is 7.63. The second kappa shape index (κ2) is 12.3. The Labute approximate surface area is 157 Å². The van der Waals surface area contributed by atoms with Gasteiger partial charge in [0.05, 0.1) is 10.2 Å². The van der Waals surface area contributed by atoms with Crippen LogP contribution in [-0.4, -0.2) is 47.0 Å². The minimum Gasteiger partial charge on any atom is -0.397 e. The van der Waals surface area contributed by atoms with Crippen LogP contribution < -0.4 is 0 Å². The molecule has 1 atom stereocenters. The first-order valence-corrected chi connectivity index (χ1v) is 13.1. The number of methoxy groups -OCH3 is 1. The molecule has 8 heteroatoms. The van der Waals surface area contributed by atoms with E-state index in [-0.39, 0.29) is 0 Å². The van der Waals surface area contributed by atoms with Crippen LogP contribution in [0.4, 0.5) is 0 Å². The first kappa shape index (κ1) is 20.2. The quantitative estimate of drug-likeness (QED) is 0.273. The van der Waals surface area contributed by atoms with Crippen LogP contribution in [-0.2, 0) is 13.6 Å². The van der Waals surface area contributed by atoms with Gasteiger partial charge in [-0.2, -0.15) is 0 Å². The molecule has 0 radical (unpaired) electrons. The van der Waals surface area contributed by atoms with Gasteiger partial charge in [0.1, 0.15) is 0 Å². The number of aromatic nitrogens is 1. The summed E-state index contributed by atoms with van der Waals surface area (Å²) in [5, 5.41) is 0. The number of hydrogen-bond donors (Lipinski definition) is 0. The number of nitrogens with zero attached hydrogens (tertiary/aromatic N) is 1. The van der Waals surface area contributed by atoms with E-state index in [0.717, 1.165) is 54.3 Å². The molecule has 0 fully saturated rings. The Bertz CT molecular complexity index is 551. The van der Waals surface area contributed by atoms with Gasteiger partial charge in [0, 0.05) is 32.7 Å². The first-order valence-electron chi connectivity index (χ1n) is 8.20. The van der Waals surface area contributed by atoms with Gasteiger partial charge in [0.25, 0.3) is 0 Å². The molecule has 0 saturated carbocycles. The van der Waals surface area contributed by atoms with E-state index >= 15 is 0 Å². The van der Waals surface area contributed by atoms with E-state index in [4.69, 9.17) is 13.6 Å². The van der Waals surface area contributed by atoms with Gasteiger partial charge in [-0.15, -0.1) is 11.3 Å². The minimum atomic E-state index is -1.51. The summed E-state index contributed by atoms with van der Waals surface area (Å²) in [7, 11) is 3.86. The van der Waals surface area contributed by atoms with E-state index in [9.17, 15) is 0 Å². The van der Waals surface area contributed by atoms with Crippen molar-refractivity contribution in [2.24, 2.45) is 0 Å². The Hall–Kier alpha value is -0.0931. The third kappa shape index (κ3) is 7.43. The summed E-state index contributed by atoms with van der Waals surface area (Å²) in [5.74, 6) is 1.10. The highest BCUT2D eigenvalue weighted by molar-refractivity contribution is 8.77. The standard InChI is InChI=1S/C16H25NO3S3Si/c1-3-19-24(20-11-6-10-18-2)13-7-12-21-23-16-17-14-8-4-5-9-15(14)22-16/h4-5,8-9,24H,3,6-7,10-13H2,1-2H3. The van der Waals surface area contributed by atoms with Crippen LogP contribution in [0.2, 0.25) is 6.04 Å². The summed E-state index contributed by atoms with van der Waals surface area (Å²) in [4.78, 5) is 4.64. The molecule has 1 heterocycles. The monoisotopic (exact) mass is 403 g/mol. The normalized spacial score (nSPS) is 12.8. The van der Waals surface area contributed by atoms with Crippen LogP contribution in [0.3, 0.4) is 0 Å². The predicted octanol–water partition coefficient (Wildman–Crippen LogP) is 4.74. The summed E-state index contributed by atoms with van der Waals surface area (Å²) in [5.41, 5.74) is 1.10. The molecule has 4 nitrogen and oxygen atoms in total. The Morgan fingerprint density at radius 2 is 2.04 bits per heavy atom. The first-order chi connectivity index (χ1) is 11.8. The maximum atomic E-state index is 5.90. The van der Waals surface area contributed by atoms with Gasteiger partial charge in [-0.05, 0) is 48.7 Å². The highest BCUT2D eigenvalue weighted by atomic mass is 33.1. The average Bonchev–Trinajstić information content (AvgIpc) is 3.01. The van der Waals surface area contributed by atoms with Crippen molar-refractivity contribution in [3.8, 4) is 0 Å². The SMILES string of the molecule is CCO[SiH](CCCSSc1nc2ccccc2s1)OCCCOC. The van der Waals surface area contributed by atoms with Gasteiger partial charge in [0.15, 0.2) is 4.34 Å². The van der Waals surface area contributed by atoms with E-state index in [0.29, 0.717) is 0 Å². The summed E-state index contributed by atoms with van der Waals surface area (Å²) < 4.78 is 19.1. The number of para-hydroxylation sites is 1. The topological polar surface area (TPSA) is 40.6 Å². The minimum absolute atomic E-state index is 0.745. The fraction of sp³-hybridized carbons (Fsp3) is 0.562. The molecule has 134 valence electrons. The Kier molecular flexibility index (Phi) is 10.4. The molecule has 2 aromatic rings. The molecule has 0 aliphatic carbocycles. The molecule has 1 unspecified atom stereocenters. The third-order valence-corrected chi connectivity index (χ3v) is 9.20. The Morgan fingerprint density at radius 3 is 2.83 bits per heavy atom. The summed E-state index contributed by atoms with van der Waals surface area (Å²) in [6, 6.07) is 9.36. The highest BCUT2D eigenvalue weighted by Crippen LogP contribution is 2.37. The molecule has 2 rings (SSSR count). The molecule has 0 amide bonds. The van der Waals surface area contributed by atoms with Gasteiger partial charge >= 0.3 is 9.28 Å². The number of ether oxygens (including phenoxy) is 1. The van der Waals surface area contributed by atoms with E-state index < -0.39 is 9.28 Å². The van der Waals surface area contributed by atoms with Crippen LogP contribution in [0.1, 0.15) is 19.8 Å². The highest BCUT2D eigenvalue weighted by Gasteiger charge is 2.12. The van der Waals surface area contributed by atoms with Gasteiger partial charge < -0.3 is 13.6 Å². The van der Waals surface area contributed by atoms with Crippen molar-refractivity contribution in [3.05, 3.63) is 24.3 Å². The molecule has 0 saturated heterocycles. The van der Waals surface area contributed by atoms with Gasteiger partial charge in [-0.3, -0.25) is 0 Å². The third-order valence-electron chi connectivity index (χ3n) is 3.22. The lowest BCUT2D eigenvalue weighted by atomic mass is 10.3. The molecule has 1 aromatic heterocycles. The maximum Gasteiger partial charge on any atom is 0.321 e. The summed E-state index contributed by atoms with van der Waals surface area (Å²) >= 11 is 1.76. The lowest BCUT2D eigenvalue weighted by Gasteiger charge is -2.15. The van der Waals surface area contributed by atoms with Crippen LogP contribution in [0.25, 0.3) is 10.2 Å². The smallest absolute Gasteiger partial charge is 0.321 e.